The predicted molar refractivity (Wildman–Crippen MR) is 80.2 cm³/mol. The fourth-order valence-corrected chi connectivity index (χ4v) is 2.41. The first-order chi connectivity index (χ1) is 9.95. The molecule has 116 valence electrons. The van der Waals surface area contributed by atoms with E-state index in [2.05, 4.69) is 29.6 Å². The first-order valence-electron chi connectivity index (χ1n) is 7.35. The summed E-state index contributed by atoms with van der Waals surface area (Å²) in [6.45, 7) is 8.84. The van der Waals surface area contributed by atoms with Crippen LogP contribution in [0.15, 0.2) is 6.20 Å². The molecule has 21 heavy (non-hydrogen) atoms. The Morgan fingerprint density at radius 1 is 1.62 bits per heavy atom. The van der Waals surface area contributed by atoms with Gasteiger partial charge in [-0.2, -0.15) is 5.10 Å². The highest BCUT2D eigenvalue weighted by Gasteiger charge is 2.29. The van der Waals surface area contributed by atoms with Crippen LogP contribution in [0.1, 0.15) is 38.9 Å². The third-order valence-corrected chi connectivity index (χ3v) is 4.05. The molecule has 7 heteroatoms. The van der Waals surface area contributed by atoms with Gasteiger partial charge in [-0.15, -0.1) is 0 Å². The van der Waals surface area contributed by atoms with Crippen molar-refractivity contribution in [3.63, 3.8) is 0 Å². The van der Waals surface area contributed by atoms with Gasteiger partial charge in [0, 0.05) is 19.1 Å². The Hall–Kier alpha value is -2.05. The number of hydrogen-bond donors (Lipinski definition) is 2. The number of carbonyl (C=O) groups excluding carboxylic acids is 2. The molecule has 1 aliphatic heterocycles. The summed E-state index contributed by atoms with van der Waals surface area (Å²) in [5.41, 5.74) is 1.62. The zero-order chi connectivity index (χ0) is 15.6. The van der Waals surface area contributed by atoms with Crippen molar-refractivity contribution in [2.24, 2.45) is 0 Å². The van der Waals surface area contributed by atoms with E-state index in [1.807, 2.05) is 11.6 Å². The fourth-order valence-electron chi connectivity index (χ4n) is 2.41. The van der Waals surface area contributed by atoms with Crippen molar-refractivity contribution in [3.8, 4) is 0 Å². The molecule has 0 bridgehead atoms. The van der Waals surface area contributed by atoms with Crippen LogP contribution in [0.25, 0.3) is 0 Å². The molecular weight excluding hydrogens is 270 g/mol. The minimum atomic E-state index is -0.455. The molecule has 1 saturated heterocycles. The zero-order valence-electron chi connectivity index (χ0n) is 13.0. The Morgan fingerprint density at radius 2 is 2.33 bits per heavy atom. The quantitative estimate of drug-likeness (QED) is 0.886. The second kappa shape index (κ2) is 6.15. The van der Waals surface area contributed by atoms with E-state index in [9.17, 15) is 9.59 Å². The number of rotatable bonds is 3. The van der Waals surface area contributed by atoms with E-state index in [-0.39, 0.29) is 18.0 Å². The van der Waals surface area contributed by atoms with Crippen LogP contribution in [-0.2, 0) is 4.79 Å². The Kier molecular flexibility index (Phi) is 4.50. The average Bonchev–Trinajstić information content (AvgIpc) is 2.82. The van der Waals surface area contributed by atoms with E-state index in [0.717, 1.165) is 12.1 Å². The van der Waals surface area contributed by atoms with Gasteiger partial charge in [-0.1, -0.05) is 6.92 Å². The monoisotopic (exact) mass is 293 g/mol. The smallest absolute Gasteiger partial charge is 0.322 e. The molecule has 0 saturated carbocycles. The first-order valence-corrected chi connectivity index (χ1v) is 7.35. The summed E-state index contributed by atoms with van der Waals surface area (Å²) in [6.07, 6.45) is 2.63. The largest absolute Gasteiger partial charge is 0.353 e. The number of anilines is 1. The Bertz CT molecular complexity index is 539. The maximum Gasteiger partial charge on any atom is 0.322 e. The maximum absolute atomic E-state index is 12.3. The van der Waals surface area contributed by atoms with Crippen molar-refractivity contribution in [1.82, 2.24) is 20.0 Å². The maximum atomic E-state index is 12.3. The molecule has 1 aromatic heterocycles. The van der Waals surface area contributed by atoms with E-state index in [1.54, 1.807) is 18.0 Å². The van der Waals surface area contributed by atoms with Crippen LogP contribution in [0.5, 0.6) is 0 Å². The molecule has 1 fully saturated rings. The molecule has 0 aromatic carbocycles. The van der Waals surface area contributed by atoms with Gasteiger partial charge in [0.2, 0.25) is 5.91 Å². The molecule has 2 rings (SSSR count). The van der Waals surface area contributed by atoms with E-state index in [0.29, 0.717) is 18.8 Å². The predicted octanol–water partition coefficient (Wildman–Crippen LogP) is 1.51. The molecule has 1 aromatic rings. The van der Waals surface area contributed by atoms with Crippen LogP contribution in [0.2, 0.25) is 0 Å². The number of urea groups is 1. The van der Waals surface area contributed by atoms with Gasteiger partial charge in [0.1, 0.15) is 6.04 Å². The van der Waals surface area contributed by atoms with E-state index < -0.39 is 6.04 Å². The van der Waals surface area contributed by atoms with Crippen molar-refractivity contribution in [2.75, 3.05) is 18.4 Å². The molecule has 2 heterocycles. The Morgan fingerprint density at radius 3 is 3.00 bits per heavy atom. The molecule has 1 aliphatic rings. The van der Waals surface area contributed by atoms with Crippen molar-refractivity contribution in [2.45, 2.75) is 46.2 Å². The Labute approximate surface area is 124 Å². The van der Waals surface area contributed by atoms with Gasteiger partial charge in [-0.25, -0.2) is 4.79 Å². The lowest BCUT2D eigenvalue weighted by molar-refractivity contribution is -0.126. The van der Waals surface area contributed by atoms with Crippen molar-refractivity contribution in [1.29, 1.82) is 0 Å². The van der Waals surface area contributed by atoms with Crippen LogP contribution in [0.4, 0.5) is 10.5 Å². The summed E-state index contributed by atoms with van der Waals surface area (Å²) in [4.78, 5) is 25.5. The third-order valence-electron chi connectivity index (χ3n) is 4.05. The van der Waals surface area contributed by atoms with Crippen LogP contribution >= 0.6 is 0 Å². The van der Waals surface area contributed by atoms with Crippen LogP contribution in [0.3, 0.4) is 0 Å². The lowest BCUT2D eigenvalue weighted by Crippen LogP contribution is -2.56. The standard InChI is InChI=1S/C14H23N5O2/c1-5-9(2)19-10(3)12(8-16-19)17-14(21)18-7-6-15-13(20)11(18)4/h8-9,11H,5-7H2,1-4H3,(H,15,20)(H,17,21). The summed E-state index contributed by atoms with van der Waals surface area (Å²) >= 11 is 0. The van der Waals surface area contributed by atoms with Gasteiger partial charge in [0.05, 0.1) is 17.6 Å². The number of hydrogen-bond acceptors (Lipinski definition) is 3. The highest BCUT2D eigenvalue weighted by Crippen LogP contribution is 2.20. The average molecular weight is 293 g/mol. The summed E-state index contributed by atoms with van der Waals surface area (Å²) in [5.74, 6) is -0.122. The summed E-state index contributed by atoms with van der Waals surface area (Å²) in [6, 6.07) is -0.428. The van der Waals surface area contributed by atoms with Crippen molar-refractivity contribution >= 4 is 17.6 Å². The van der Waals surface area contributed by atoms with Crippen LogP contribution in [0, 0.1) is 6.92 Å². The van der Waals surface area contributed by atoms with Gasteiger partial charge in [-0.05, 0) is 27.2 Å². The molecule has 2 N–H and O–H groups in total. The van der Waals surface area contributed by atoms with Gasteiger partial charge in [0.25, 0.3) is 0 Å². The number of nitrogens with zero attached hydrogens (tertiary/aromatic N) is 3. The SMILES string of the molecule is CCC(C)n1ncc(NC(=O)N2CCNC(=O)C2C)c1C. The summed E-state index contributed by atoms with van der Waals surface area (Å²) < 4.78 is 1.90. The van der Waals surface area contributed by atoms with Crippen molar-refractivity contribution in [3.05, 3.63) is 11.9 Å². The molecule has 0 radical (unpaired) electrons. The van der Waals surface area contributed by atoms with E-state index >= 15 is 0 Å². The number of piperazine rings is 1. The van der Waals surface area contributed by atoms with Gasteiger partial charge in [-0.3, -0.25) is 9.48 Å². The fraction of sp³-hybridized carbons (Fsp3) is 0.643. The number of carbonyl (C=O) groups is 2. The molecule has 2 atom stereocenters. The lowest BCUT2D eigenvalue weighted by Gasteiger charge is -2.32. The molecule has 2 unspecified atom stereocenters. The number of nitrogens with one attached hydrogen (secondary N) is 2. The number of aromatic nitrogens is 2. The van der Waals surface area contributed by atoms with E-state index in [4.69, 9.17) is 0 Å². The molecular formula is C14H23N5O2. The second-order valence-electron chi connectivity index (χ2n) is 5.44. The molecule has 3 amide bonds. The van der Waals surface area contributed by atoms with Gasteiger partial charge >= 0.3 is 6.03 Å². The third kappa shape index (κ3) is 3.01. The van der Waals surface area contributed by atoms with E-state index in [1.165, 1.54) is 0 Å². The summed E-state index contributed by atoms with van der Waals surface area (Å²) in [5, 5.41) is 9.92. The topological polar surface area (TPSA) is 79.3 Å². The van der Waals surface area contributed by atoms with Crippen LogP contribution in [-0.4, -0.2) is 45.8 Å². The van der Waals surface area contributed by atoms with Crippen molar-refractivity contribution < 1.29 is 9.59 Å². The van der Waals surface area contributed by atoms with Gasteiger partial charge < -0.3 is 15.5 Å². The highest BCUT2D eigenvalue weighted by atomic mass is 16.2. The first kappa shape index (κ1) is 15.3. The zero-order valence-corrected chi connectivity index (χ0v) is 13.0. The van der Waals surface area contributed by atoms with Gasteiger partial charge in [0.15, 0.2) is 0 Å². The second-order valence-corrected chi connectivity index (χ2v) is 5.44. The highest BCUT2D eigenvalue weighted by molar-refractivity contribution is 5.94. The Balaban J connectivity index is 2.09. The lowest BCUT2D eigenvalue weighted by atomic mass is 10.2. The summed E-state index contributed by atoms with van der Waals surface area (Å²) in [7, 11) is 0. The number of amides is 3. The normalized spacial score (nSPS) is 20.1. The van der Waals surface area contributed by atoms with Crippen LogP contribution < -0.4 is 10.6 Å². The molecule has 0 aliphatic carbocycles. The minimum Gasteiger partial charge on any atom is -0.353 e. The molecule has 7 nitrogen and oxygen atoms in total. The molecule has 0 spiro atoms. The minimum absolute atomic E-state index is 0.122.